The number of nitrogens with two attached hydrogens (primary N) is 1. The van der Waals surface area contributed by atoms with E-state index in [1.807, 2.05) is 0 Å². The Hall–Kier alpha value is -4.25. The Kier molecular flexibility index (Phi) is 8.82. The largest absolute Gasteiger partial charge is 0.438 e. The van der Waals surface area contributed by atoms with Crippen molar-refractivity contribution in [1.82, 2.24) is 24.6 Å². The third kappa shape index (κ3) is 6.27. The topological polar surface area (TPSA) is 143 Å². The third-order valence-electron chi connectivity index (χ3n) is 7.80. The van der Waals surface area contributed by atoms with Crippen LogP contribution in [0, 0.1) is 23.0 Å². The lowest BCUT2D eigenvalue weighted by Gasteiger charge is -2.33. The maximum Gasteiger partial charge on any atom is 0.410 e. The Morgan fingerprint density at radius 2 is 2.05 bits per heavy atom. The highest BCUT2D eigenvalue weighted by Crippen LogP contribution is 2.41. The van der Waals surface area contributed by atoms with E-state index in [2.05, 4.69) is 21.1 Å². The van der Waals surface area contributed by atoms with Crippen molar-refractivity contribution in [2.45, 2.75) is 56.9 Å². The predicted molar refractivity (Wildman–Crippen MR) is 155 cm³/mol. The molecule has 5 rings (SSSR count). The van der Waals surface area contributed by atoms with Gasteiger partial charge in [-0.2, -0.15) is 10.4 Å². The number of hydrogen-bond donors (Lipinski definition) is 2. The second-order valence-corrected chi connectivity index (χ2v) is 11.5. The number of nitriles is 1. The van der Waals surface area contributed by atoms with Crippen LogP contribution in [-0.4, -0.2) is 55.0 Å². The fraction of sp³-hybridized carbons (Fsp3) is 0.367. The van der Waals surface area contributed by atoms with Gasteiger partial charge in [-0.25, -0.2) is 28.2 Å². The summed E-state index contributed by atoms with van der Waals surface area (Å²) in [6, 6.07) is 11.8. The van der Waals surface area contributed by atoms with Gasteiger partial charge in [0, 0.05) is 41.6 Å². The van der Waals surface area contributed by atoms with E-state index in [4.69, 9.17) is 15.7 Å². The molecule has 1 aliphatic heterocycles. The minimum atomic E-state index is -2.00. The van der Waals surface area contributed by atoms with Gasteiger partial charge in [-0.05, 0) is 50.1 Å². The molecule has 0 radical (unpaired) electrons. The molecule has 13 heteroatoms. The van der Waals surface area contributed by atoms with Gasteiger partial charge in [-0.3, -0.25) is 0 Å². The van der Waals surface area contributed by atoms with E-state index in [1.165, 1.54) is 22.3 Å². The van der Waals surface area contributed by atoms with Crippen LogP contribution >= 0.6 is 11.3 Å². The number of aromatic nitrogens is 4. The number of carbonyl (C=O) groups is 1. The fourth-order valence-electron chi connectivity index (χ4n) is 5.23. The molecule has 10 nitrogen and oxygen atoms in total. The number of likely N-dealkylation sites (tertiary alicyclic amines) is 1. The van der Waals surface area contributed by atoms with E-state index >= 15 is 4.39 Å². The molecule has 1 unspecified atom stereocenters. The first kappa shape index (κ1) is 30.2. The summed E-state index contributed by atoms with van der Waals surface area (Å²) in [6.07, 6.45) is 1.69. The van der Waals surface area contributed by atoms with Gasteiger partial charge in [-0.15, -0.1) is 11.3 Å². The molecule has 3 N–H and O–H groups in total. The maximum atomic E-state index is 15.2. The quantitative estimate of drug-likeness (QED) is 0.275. The van der Waals surface area contributed by atoms with Crippen molar-refractivity contribution in [3.05, 3.63) is 87.8 Å². The Balaban J connectivity index is 1.41. The van der Waals surface area contributed by atoms with Gasteiger partial charge in [0.05, 0.1) is 28.9 Å². The molecular weight excluding hydrogens is 576 g/mol. The van der Waals surface area contributed by atoms with Gasteiger partial charge in [0.2, 0.25) is 0 Å². The summed E-state index contributed by atoms with van der Waals surface area (Å²) in [5, 5.41) is 27.9. The number of halogens is 2. The molecule has 1 fully saturated rings. The summed E-state index contributed by atoms with van der Waals surface area (Å²) in [4.78, 5) is 23.3. The number of nitrogens with zero attached hydrogens (tertiary/aromatic N) is 6. The number of benzene rings is 2. The van der Waals surface area contributed by atoms with Gasteiger partial charge in [0.1, 0.15) is 23.6 Å². The highest BCUT2D eigenvalue weighted by molar-refractivity contribution is 7.10. The van der Waals surface area contributed by atoms with E-state index in [-0.39, 0.29) is 24.0 Å². The van der Waals surface area contributed by atoms with Crippen molar-refractivity contribution >= 4 is 17.4 Å². The van der Waals surface area contributed by atoms with Crippen LogP contribution in [0.25, 0.3) is 11.3 Å². The summed E-state index contributed by atoms with van der Waals surface area (Å²) in [5.74, 6) is -2.13. The second kappa shape index (κ2) is 12.5. The van der Waals surface area contributed by atoms with E-state index in [1.54, 1.807) is 48.4 Å². The SMILES string of the molecule is CC(OC(=O)N1CCC[C@H]1CN)c1ncn(C[C@](O)(c2cc(F)ccc2F)[C@@H](C)c2nc(-c3ccc(C#N)cc3)cs2)n1. The van der Waals surface area contributed by atoms with Crippen molar-refractivity contribution in [2.24, 2.45) is 5.73 Å². The number of rotatable bonds is 9. The normalized spacial score (nSPS) is 17.7. The highest BCUT2D eigenvalue weighted by Gasteiger charge is 2.42. The van der Waals surface area contributed by atoms with E-state index in [9.17, 15) is 14.3 Å². The monoisotopic (exact) mass is 607 g/mol. The van der Waals surface area contributed by atoms with Crippen LogP contribution in [-0.2, 0) is 16.9 Å². The molecule has 0 spiro atoms. The summed E-state index contributed by atoms with van der Waals surface area (Å²) in [5.41, 5.74) is 5.42. The summed E-state index contributed by atoms with van der Waals surface area (Å²) in [6.45, 7) is 3.92. The average Bonchev–Trinajstić information content (AvgIpc) is 3.79. The molecule has 2 aromatic carbocycles. The Morgan fingerprint density at radius 1 is 1.28 bits per heavy atom. The lowest BCUT2D eigenvalue weighted by Crippen LogP contribution is -2.40. The van der Waals surface area contributed by atoms with E-state index < -0.39 is 35.4 Å². The first-order valence-corrected chi connectivity index (χ1v) is 14.7. The molecule has 0 aliphatic carbocycles. The first-order valence-electron chi connectivity index (χ1n) is 13.8. The molecule has 43 heavy (non-hydrogen) atoms. The number of carbonyl (C=O) groups excluding carboxylic acids is 1. The molecule has 4 atom stereocenters. The number of ether oxygens (including phenoxy) is 1. The van der Waals surface area contributed by atoms with Gasteiger partial charge < -0.3 is 20.5 Å². The van der Waals surface area contributed by atoms with Gasteiger partial charge in [0.25, 0.3) is 0 Å². The van der Waals surface area contributed by atoms with Crippen molar-refractivity contribution < 1.29 is 23.4 Å². The van der Waals surface area contributed by atoms with E-state index in [0.29, 0.717) is 29.4 Å². The first-order chi connectivity index (χ1) is 20.6. The van der Waals surface area contributed by atoms with Crippen LogP contribution < -0.4 is 5.73 Å². The van der Waals surface area contributed by atoms with Gasteiger partial charge >= 0.3 is 6.09 Å². The minimum absolute atomic E-state index is 0.0776. The Labute approximate surface area is 251 Å². The van der Waals surface area contributed by atoms with Crippen LogP contribution in [0.15, 0.2) is 54.2 Å². The molecule has 1 aliphatic rings. The molecule has 1 saturated heterocycles. The van der Waals surface area contributed by atoms with Crippen molar-refractivity contribution in [3.63, 3.8) is 0 Å². The number of hydrogen-bond acceptors (Lipinski definition) is 9. The Morgan fingerprint density at radius 3 is 2.77 bits per heavy atom. The molecule has 3 heterocycles. The van der Waals surface area contributed by atoms with Crippen LogP contribution in [0.3, 0.4) is 0 Å². The fourth-order valence-corrected chi connectivity index (χ4v) is 6.21. The molecule has 0 bridgehead atoms. The minimum Gasteiger partial charge on any atom is -0.438 e. The number of aliphatic hydroxyl groups is 1. The smallest absolute Gasteiger partial charge is 0.410 e. The standard InChI is InChI=1S/C30H31F2N7O3S/c1-18(28-36-26(15-43-28)21-7-5-20(13-33)6-8-21)30(41,24-12-22(31)9-10-25(24)32)16-38-17-35-27(37-38)19(2)42-29(40)39-11-3-4-23(39)14-34/h5-10,12,15,17-19,23,41H,3-4,11,14,16,34H2,1-2H3/t18-,19?,23-,30+/m0/s1. The van der Waals surface area contributed by atoms with Crippen molar-refractivity contribution in [3.8, 4) is 17.3 Å². The average molecular weight is 608 g/mol. The zero-order valence-electron chi connectivity index (χ0n) is 23.7. The van der Waals surface area contributed by atoms with Crippen LogP contribution in [0.1, 0.15) is 60.7 Å². The van der Waals surface area contributed by atoms with Crippen molar-refractivity contribution in [1.29, 1.82) is 5.26 Å². The predicted octanol–water partition coefficient (Wildman–Crippen LogP) is 4.86. The summed E-state index contributed by atoms with van der Waals surface area (Å²) < 4.78 is 36.5. The third-order valence-corrected chi connectivity index (χ3v) is 8.82. The van der Waals surface area contributed by atoms with Gasteiger partial charge in [-0.1, -0.05) is 19.1 Å². The number of amides is 1. The highest BCUT2D eigenvalue weighted by atomic mass is 32.1. The van der Waals surface area contributed by atoms with Crippen molar-refractivity contribution in [2.75, 3.05) is 13.1 Å². The molecular formula is C30H31F2N7O3S. The zero-order chi connectivity index (χ0) is 30.7. The number of thiazole rings is 1. The molecule has 2 aromatic heterocycles. The molecule has 224 valence electrons. The molecule has 4 aromatic rings. The van der Waals surface area contributed by atoms with Crippen LogP contribution in [0.2, 0.25) is 0 Å². The van der Waals surface area contributed by atoms with E-state index in [0.717, 1.165) is 36.6 Å². The van der Waals surface area contributed by atoms with Crippen LogP contribution in [0.4, 0.5) is 13.6 Å². The van der Waals surface area contributed by atoms with Crippen LogP contribution in [0.5, 0.6) is 0 Å². The second-order valence-electron chi connectivity index (χ2n) is 10.6. The molecule has 0 saturated carbocycles. The zero-order valence-corrected chi connectivity index (χ0v) is 24.5. The Bertz CT molecular complexity index is 1640. The molecule has 1 amide bonds. The maximum absolute atomic E-state index is 15.2. The van der Waals surface area contributed by atoms with Gasteiger partial charge in [0.15, 0.2) is 11.9 Å². The lowest BCUT2D eigenvalue weighted by molar-refractivity contribution is -0.0118. The summed E-state index contributed by atoms with van der Waals surface area (Å²) >= 11 is 1.27. The lowest BCUT2D eigenvalue weighted by atomic mass is 9.82. The summed E-state index contributed by atoms with van der Waals surface area (Å²) in [7, 11) is 0.